The number of nitrogens with zero attached hydrogens (tertiary/aromatic N) is 3. The van der Waals surface area contributed by atoms with Crippen LogP contribution < -0.4 is 20.1 Å². The predicted molar refractivity (Wildman–Crippen MR) is 144 cm³/mol. The Balaban J connectivity index is 0.000000179. The number of aryl methyl sites for hydroxylation is 2. The molecule has 8 nitrogen and oxygen atoms in total. The van der Waals surface area contributed by atoms with E-state index in [0.29, 0.717) is 0 Å². The Kier molecular flexibility index (Phi) is 7.87. The first kappa shape index (κ1) is 24.4. The van der Waals surface area contributed by atoms with Crippen LogP contribution in [0.4, 0.5) is 23.0 Å². The van der Waals surface area contributed by atoms with E-state index in [-0.39, 0.29) is 0 Å². The Hall–Kier alpha value is -4.72. The van der Waals surface area contributed by atoms with Gasteiger partial charge in [0.15, 0.2) is 11.6 Å². The Labute approximate surface area is 210 Å². The molecular weight excluding hydrogens is 452 g/mol. The highest BCUT2D eigenvalue weighted by Crippen LogP contribution is 2.21. The van der Waals surface area contributed by atoms with Gasteiger partial charge in [-0.25, -0.2) is 4.68 Å². The van der Waals surface area contributed by atoms with Gasteiger partial charge in [-0.05, 0) is 74.5 Å². The molecule has 0 radical (unpaired) electrons. The first-order valence-corrected chi connectivity index (χ1v) is 11.5. The Morgan fingerprint density at radius 1 is 0.694 bits per heavy atom. The van der Waals surface area contributed by atoms with Crippen molar-refractivity contribution < 1.29 is 9.47 Å². The maximum Gasteiger partial charge on any atom is 0.153 e. The van der Waals surface area contributed by atoms with Crippen LogP contribution in [0.5, 0.6) is 11.5 Å². The second-order valence-corrected chi connectivity index (χ2v) is 8.06. The van der Waals surface area contributed by atoms with E-state index in [0.717, 1.165) is 51.6 Å². The maximum atomic E-state index is 5.15. The minimum absolute atomic E-state index is 0.817. The fraction of sp³-hybridized carbons (Fsp3) is 0.143. The van der Waals surface area contributed by atoms with Crippen molar-refractivity contribution in [3.05, 3.63) is 102 Å². The lowest BCUT2D eigenvalue weighted by atomic mass is 10.3. The predicted octanol–water partition coefficient (Wildman–Crippen LogP) is 6.40. The van der Waals surface area contributed by atoms with E-state index in [9.17, 15) is 0 Å². The molecule has 0 bridgehead atoms. The average Bonchev–Trinajstić information content (AvgIpc) is 3.50. The molecule has 2 heterocycles. The monoisotopic (exact) mass is 482 g/mol. The summed E-state index contributed by atoms with van der Waals surface area (Å²) in [7, 11) is 3.31. The van der Waals surface area contributed by atoms with Crippen molar-refractivity contribution in [1.29, 1.82) is 0 Å². The number of rotatable bonds is 7. The van der Waals surface area contributed by atoms with Gasteiger partial charge in [0.05, 0.1) is 19.9 Å². The second-order valence-electron chi connectivity index (χ2n) is 8.06. The van der Waals surface area contributed by atoms with Crippen LogP contribution in [0, 0.1) is 13.8 Å². The van der Waals surface area contributed by atoms with Crippen LogP contribution >= 0.6 is 0 Å². The molecule has 8 heteroatoms. The number of methoxy groups -OCH3 is 2. The topological polar surface area (TPSA) is 89.0 Å². The number of hydrogen-bond acceptors (Lipinski definition) is 6. The number of H-pyrrole nitrogens is 1. The molecule has 5 aromatic rings. The number of nitrogens with one attached hydrogen (secondary N) is 3. The average molecular weight is 483 g/mol. The highest BCUT2D eigenvalue weighted by atomic mass is 16.5. The first-order chi connectivity index (χ1) is 17.5. The summed E-state index contributed by atoms with van der Waals surface area (Å²) < 4.78 is 12.1. The second kappa shape index (κ2) is 11.6. The molecule has 0 fully saturated rings. The van der Waals surface area contributed by atoms with E-state index in [1.807, 2.05) is 110 Å². The number of hydrogen-bond donors (Lipinski definition) is 3. The third-order valence-electron chi connectivity index (χ3n) is 5.32. The SMILES string of the molecule is COc1ccc(Nc2cc(C)[nH]n2)cc1.COc1ccc(Nc2cc(C)n(-c3ccccc3)n2)cc1. The number of benzene rings is 3. The lowest BCUT2D eigenvalue weighted by molar-refractivity contribution is 0.415. The standard InChI is InChI=1S/C17H17N3O.C11H13N3O/c1-13-12-17(18-14-8-10-16(21-2)11-9-14)19-20(13)15-6-4-3-5-7-15;1-8-7-11(14-13-8)12-9-3-5-10(15-2)6-4-9/h3-12H,1-2H3,(H,18,19);3-7H,1-2H3,(H2,12,13,14). The van der Waals surface area contributed by atoms with Gasteiger partial charge in [0, 0.05) is 34.9 Å². The van der Waals surface area contributed by atoms with Crippen LogP contribution in [0.1, 0.15) is 11.4 Å². The zero-order chi connectivity index (χ0) is 25.3. The molecule has 0 atom stereocenters. The van der Waals surface area contributed by atoms with Crippen LogP contribution in [-0.4, -0.2) is 34.2 Å². The van der Waals surface area contributed by atoms with Gasteiger partial charge in [-0.1, -0.05) is 18.2 Å². The molecule has 0 aliphatic carbocycles. The molecule has 36 heavy (non-hydrogen) atoms. The van der Waals surface area contributed by atoms with Crippen molar-refractivity contribution >= 4 is 23.0 Å². The minimum Gasteiger partial charge on any atom is -0.497 e. The van der Waals surface area contributed by atoms with Crippen molar-refractivity contribution in [2.24, 2.45) is 0 Å². The molecular formula is C28H30N6O2. The van der Waals surface area contributed by atoms with Crippen LogP contribution in [0.2, 0.25) is 0 Å². The third-order valence-corrected chi connectivity index (χ3v) is 5.32. The molecule has 3 aromatic carbocycles. The number of anilines is 4. The number of aromatic amines is 1. The molecule has 0 aliphatic heterocycles. The lowest BCUT2D eigenvalue weighted by Gasteiger charge is -2.05. The highest BCUT2D eigenvalue weighted by molar-refractivity contribution is 5.58. The van der Waals surface area contributed by atoms with Crippen molar-refractivity contribution in [2.75, 3.05) is 24.9 Å². The lowest BCUT2D eigenvalue weighted by Crippen LogP contribution is -1.99. The summed E-state index contributed by atoms with van der Waals surface area (Å²) in [5.41, 5.74) is 5.14. The van der Waals surface area contributed by atoms with Gasteiger partial charge in [0.1, 0.15) is 11.5 Å². The summed E-state index contributed by atoms with van der Waals surface area (Å²) in [6.45, 7) is 4.01. The molecule has 3 N–H and O–H groups in total. The normalized spacial score (nSPS) is 10.2. The third kappa shape index (κ3) is 6.44. The van der Waals surface area contributed by atoms with Crippen molar-refractivity contribution in [1.82, 2.24) is 20.0 Å². The first-order valence-electron chi connectivity index (χ1n) is 11.5. The largest absolute Gasteiger partial charge is 0.497 e. The molecule has 0 amide bonds. The molecule has 5 rings (SSSR count). The van der Waals surface area contributed by atoms with Gasteiger partial charge in [0.2, 0.25) is 0 Å². The highest BCUT2D eigenvalue weighted by Gasteiger charge is 2.06. The fourth-order valence-electron chi connectivity index (χ4n) is 3.49. The van der Waals surface area contributed by atoms with Crippen LogP contribution in [0.15, 0.2) is 91.0 Å². The Bertz CT molecular complexity index is 1360. The molecule has 2 aromatic heterocycles. The van der Waals surface area contributed by atoms with Gasteiger partial charge in [0.25, 0.3) is 0 Å². The van der Waals surface area contributed by atoms with Crippen molar-refractivity contribution in [3.63, 3.8) is 0 Å². The molecule has 0 saturated heterocycles. The number of para-hydroxylation sites is 1. The summed E-state index contributed by atoms with van der Waals surface area (Å²) >= 11 is 0. The molecule has 0 spiro atoms. The Morgan fingerprint density at radius 2 is 1.25 bits per heavy atom. The van der Waals surface area contributed by atoms with E-state index >= 15 is 0 Å². The molecule has 0 saturated carbocycles. The summed E-state index contributed by atoms with van der Waals surface area (Å²) in [5.74, 6) is 3.32. The quantitative estimate of drug-likeness (QED) is 0.249. The van der Waals surface area contributed by atoms with E-state index in [1.54, 1.807) is 14.2 Å². The zero-order valence-electron chi connectivity index (χ0n) is 20.8. The van der Waals surface area contributed by atoms with Gasteiger partial charge in [-0.3, -0.25) is 5.10 Å². The van der Waals surface area contributed by atoms with Crippen molar-refractivity contribution in [2.45, 2.75) is 13.8 Å². The summed E-state index contributed by atoms with van der Waals surface area (Å²) in [5, 5.41) is 18.0. The van der Waals surface area contributed by atoms with Gasteiger partial charge < -0.3 is 20.1 Å². The maximum absolute atomic E-state index is 5.15. The van der Waals surface area contributed by atoms with Gasteiger partial charge in [-0.2, -0.15) is 5.10 Å². The van der Waals surface area contributed by atoms with E-state index in [1.165, 1.54) is 0 Å². The molecule has 0 unspecified atom stereocenters. The minimum atomic E-state index is 0.817. The molecule has 184 valence electrons. The van der Waals surface area contributed by atoms with Crippen LogP contribution in [0.3, 0.4) is 0 Å². The Morgan fingerprint density at radius 3 is 1.75 bits per heavy atom. The number of ether oxygens (including phenoxy) is 2. The molecule has 0 aliphatic rings. The summed E-state index contributed by atoms with van der Waals surface area (Å²) in [4.78, 5) is 0. The van der Waals surface area contributed by atoms with Gasteiger partial charge in [-0.15, -0.1) is 5.10 Å². The summed E-state index contributed by atoms with van der Waals surface area (Å²) in [6, 6.07) is 29.5. The smallest absolute Gasteiger partial charge is 0.153 e. The van der Waals surface area contributed by atoms with Crippen LogP contribution in [0.25, 0.3) is 5.69 Å². The fourth-order valence-corrected chi connectivity index (χ4v) is 3.49. The van der Waals surface area contributed by atoms with Crippen molar-refractivity contribution in [3.8, 4) is 17.2 Å². The van der Waals surface area contributed by atoms with E-state index < -0.39 is 0 Å². The number of aromatic nitrogens is 4. The van der Waals surface area contributed by atoms with E-state index in [2.05, 4.69) is 25.9 Å². The van der Waals surface area contributed by atoms with Gasteiger partial charge >= 0.3 is 0 Å². The van der Waals surface area contributed by atoms with E-state index in [4.69, 9.17) is 9.47 Å². The zero-order valence-corrected chi connectivity index (χ0v) is 20.8. The summed E-state index contributed by atoms with van der Waals surface area (Å²) in [6.07, 6.45) is 0. The van der Waals surface area contributed by atoms with Crippen LogP contribution in [-0.2, 0) is 0 Å².